The third-order valence-corrected chi connectivity index (χ3v) is 5.15. The SMILES string of the molecule is Cc1ccc(N=c2scc(-c3ccc([N+](=O)[O-])cc3)n2CC(C)C)c(C)c1. The van der Waals surface area contributed by atoms with Crippen LogP contribution in [0.1, 0.15) is 25.0 Å². The molecule has 0 N–H and O–H groups in total. The number of non-ortho nitro benzene ring substituents is 1. The van der Waals surface area contributed by atoms with Crippen LogP contribution in [0.25, 0.3) is 11.3 Å². The molecule has 0 radical (unpaired) electrons. The largest absolute Gasteiger partial charge is 0.316 e. The second-order valence-electron chi connectivity index (χ2n) is 7.11. The molecule has 3 aromatic rings. The van der Waals surface area contributed by atoms with Gasteiger partial charge in [-0.15, -0.1) is 11.3 Å². The predicted octanol–water partition coefficient (Wildman–Crippen LogP) is 5.63. The first-order valence-corrected chi connectivity index (χ1v) is 9.78. The second kappa shape index (κ2) is 7.88. The molecular formula is C21H23N3O2S. The summed E-state index contributed by atoms with van der Waals surface area (Å²) in [4.78, 5) is 16.4. The maximum atomic E-state index is 10.9. The van der Waals surface area contributed by atoms with Crippen LogP contribution in [0.4, 0.5) is 11.4 Å². The van der Waals surface area contributed by atoms with Crippen molar-refractivity contribution in [3.8, 4) is 11.3 Å². The first kappa shape index (κ1) is 19.0. The van der Waals surface area contributed by atoms with Gasteiger partial charge in [0.2, 0.25) is 0 Å². The summed E-state index contributed by atoms with van der Waals surface area (Å²) in [6, 6.07) is 13.0. The number of benzene rings is 2. The van der Waals surface area contributed by atoms with Crippen molar-refractivity contribution in [2.75, 3.05) is 0 Å². The standard InChI is InChI=1S/C21H23N3O2S/c1-14(2)12-23-20(17-6-8-18(9-7-17)24(25)26)13-27-21(23)22-19-10-5-15(3)11-16(19)4/h5-11,13-14H,12H2,1-4H3. The number of nitrogens with zero attached hydrogens (tertiary/aromatic N) is 3. The number of aromatic nitrogens is 1. The van der Waals surface area contributed by atoms with E-state index in [-0.39, 0.29) is 10.6 Å². The van der Waals surface area contributed by atoms with Crippen LogP contribution < -0.4 is 4.80 Å². The highest BCUT2D eigenvalue weighted by Gasteiger charge is 2.12. The minimum atomic E-state index is -0.375. The number of nitro benzene ring substituents is 1. The lowest BCUT2D eigenvalue weighted by Crippen LogP contribution is -2.19. The molecule has 27 heavy (non-hydrogen) atoms. The molecule has 0 amide bonds. The molecule has 0 atom stereocenters. The Labute approximate surface area is 162 Å². The Hall–Kier alpha value is -2.73. The van der Waals surface area contributed by atoms with Crippen molar-refractivity contribution < 1.29 is 4.92 Å². The molecule has 6 heteroatoms. The maximum Gasteiger partial charge on any atom is 0.269 e. The molecule has 2 aromatic carbocycles. The van der Waals surface area contributed by atoms with Gasteiger partial charge in [0.1, 0.15) is 0 Å². The van der Waals surface area contributed by atoms with Gasteiger partial charge in [-0.25, -0.2) is 4.99 Å². The van der Waals surface area contributed by atoms with E-state index in [1.54, 1.807) is 35.6 Å². The number of hydrogen-bond acceptors (Lipinski definition) is 4. The van der Waals surface area contributed by atoms with Gasteiger partial charge < -0.3 is 4.57 Å². The van der Waals surface area contributed by atoms with Crippen LogP contribution in [0.15, 0.2) is 52.8 Å². The van der Waals surface area contributed by atoms with E-state index in [1.807, 2.05) is 0 Å². The first-order valence-electron chi connectivity index (χ1n) is 8.90. The van der Waals surface area contributed by atoms with E-state index in [0.29, 0.717) is 5.92 Å². The summed E-state index contributed by atoms with van der Waals surface area (Å²) >= 11 is 1.59. The molecular weight excluding hydrogens is 358 g/mol. The smallest absolute Gasteiger partial charge is 0.269 e. The molecule has 5 nitrogen and oxygen atoms in total. The summed E-state index contributed by atoms with van der Waals surface area (Å²) in [5.74, 6) is 0.453. The summed E-state index contributed by atoms with van der Waals surface area (Å²) in [6.07, 6.45) is 0. The van der Waals surface area contributed by atoms with Gasteiger partial charge in [0.15, 0.2) is 4.80 Å². The van der Waals surface area contributed by atoms with E-state index in [4.69, 9.17) is 4.99 Å². The minimum Gasteiger partial charge on any atom is -0.316 e. The topological polar surface area (TPSA) is 60.4 Å². The summed E-state index contributed by atoms with van der Waals surface area (Å²) in [5, 5.41) is 13.0. The molecule has 0 saturated heterocycles. The Morgan fingerprint density at radius 3 is 2.44 bits per heavy atom. The van der Waals surface area contributed by atoms with Crippen molar-refractivity contribution >= 4 is 22.7 Å². The number of nitro groups is 1. The number of aryl methyl sites for hydroxylation is 2. The third-order valence-electron chi connectivity index (χ3n) is 4.29. The molecule has 0 aliphatic carbocycles. The van der Waals surface area contributed by atoms with Gasteiger partial charge >= 0.3 is 0 Å². The van der Waals surface area contributed by atoms with Crippen molar-refractivity contribution in [2.24, 2.45) is 10.9 Å². The molecule has 0 aliphatic rings. The molecule has 1 aromatic heterocycles. The van der Waals surface area contributed by atoms with Gasteiger partial charge in [0, 0.05) is 24.1 Å². The molecule has 0 aliphatic heterocycles. The average Bonchev–Trinajstić information content (AvgIpc) is 2.99. The fraction of sp³-hybridized carbons (Fsp3) is 0.286. The Morgan fingerprint density at radius 2 is 1.85 bits per heavy atom. The molecule has 0 unspecified atom stereocenters. The zero-order valence-corrected chi connectivity index (χ0v) is 16.8. The highest BCUT2D eigenvalue weighted by Crippen LogP contribution is 2.25. The van der Waals surface area contributed by atoms with E-state index in [1.165, 1.54) is 5.56 Å². The Balaban J connectivity index is 2.11. The summed E-state index contributed by atoms with van der Waals surface area (Å²) in [5.41, 5.74) is 5.43. The van der Waals surface area contributed by atoms with Crippen molar-refractivity contribution in [1.29, 1.82) is 0 Å². The van der Waals surface area contributed by atoms with Crippen LogP contribution in [0.5, 0.6) is 0 Å². The van der Waals surface area contributed by atoms with Gasteiger partial charge in [0.05, 0.1) is 16.3 Å². The van der Waals surface area contributed by atoms with Crippen molar-refractivity contribution in [1.82, 2.24) is 4.57 Å². The lowest BCUT2D eigenvalue weighted by molar-refractivity contribution is -0.384. The normalized spacial score (nSPS) is 12.0. The summed E-state index contributed by atoms with van der Waals surface area (Å²) < 4.78 is 2.20. The number of rotatable bonds is 5. The molecule has 140 valence electrons. The van der Waals surface area contributed by atoms with Crippen LogP contribution in [-0.2, 0) is 6.54 Å². The lowest BCUT2D eigenvalue weighted by Gasteiger charge is -2.12. The van der Waals surface area contributed by atoms with E-state index in [0.717, 1.165) is 33.9 Å². The van der Waals surface area contributed by atoms with Crippen molar-refractivity contribution in [3.05, 3.63) is 73.9 Å². The Kier molecular flexibility index (Phi) is 5.56. The third kappa shape index (κ3) is 4.34. The van der Waals surface area contributed by atoms with Gasteiger partial charge in [-0.05, 0) is 49.1 Å². The molecule has 3 rings (SSSR count). The van der Waals surface area contributed by atoms with E-state index in [9.17, 15) is 10.1 Å². The summed E-state index contributed by atoms with van der Waals surface area (Å²) in [6.45, 7) is 9.33. The molecule has 1 heterocycles. The highest BCUT2D eigenvalue weighted by molar-refractivity contribution is 7.07. The molecule has 0 saturated carbocycles. The van der Waals surface area contributed by atoms with Crippen LogP contribution in [0.2, 0.25) is 0 Å². The Bertz CT molecular complexity index is 1030. The average molecular weight is 382 g/mol. The molecule has 0 bridgehead atoms. The second-order valence-corrected chi connectivity index (χ2v) is 7.95. The first-order chi connectivity index (χ1) is 12.8. The minimum absolute atomic E-state index is 0.101. The van der Waals surface area contributed by atoms with Crippen LogP contribution in [0, 0.1) is 29.9 Å². The Morgan fingerprint density at radius 1 is 1.15 bits per heavy atom. The van der Waals surface area contributed by atoms with Crippen LogP contribution in [0.3, 0.4) is 0 Å². The van der Waals surface area contributed by atoms with Gasteiger partial charge in [-0.2, -0.15) is 0 Å². The van der Waals surface area contributed by atoms with E-state index >= 15 is 0 Å². The quantitative estimate of drug-likeness (QED) is 0.425. The lowest BCUT2D eigenvalue weighted by atomic mass is 10.1. The fourth-order valence-corrected chi connectivity index (χ4v) is 3.91. The van der Waals surface area contributed by atoms with Crippen LogP contribution in [-0.4, -0.2) is 9.49 Å². The zero-order chi connectivity index (χ0) is 19.6. The monoisotopic (exact) mass is 381 g/mol. The fourth-order valence-electron chi connectivity index (χ4n) is 2.98. The van der Waals surface area contributed by atoms with Gasteiger partial charge in [-0.1, -0.05) is 31.5 Å². The molecule has 0 fully saturated rings. The van der Waals surface area contributed by atoms with Crippen molar-refractivity contribution in [2.45, 2.75) is 34.2 Å². The van der Waals surface area contributed by atoms with E-state index < -0.39 is 0 Å². The van der Waals surface area contributed by atoms with Crippen LogP contribution >= 0.6 is 11.3 Å². The van der Waals surface area contributed by atoms with Crippen molar-refractivity contribution in [3.63, 3.8) is 0 Å². The summed E-state index contributed by atoms with van der Waals surface area (Å²) in [7, 11) is 0. The van der Waals surface area contributed by atoms with Gasteiger partial charge in [-0.3, -0.25) is 10.1 Å². The zero-order valence-electron chi connectivity index (χ0n) is 16.0. The predicted molar refractivity (Wildman–Crippen MR) is 110 cm³/mol. The molecule has 0 spiro atoms. The highest BCUT2D eigenvalue weighted by atomic mass is 32.1. The number of thiazole rings is 1. The van der Waals surface area contributed by atoms with Gasteiger partial charge in [0.25, 0.3) is 5.69 Å². The maximum absolute atomic E-state index is 10.9. The van der Waals surface area contributed by atoms with E-state index in [2.05, 4.69) is 55.8 Å². The number of hydrogen-bond donors (Lipinski definition) is 0.